The van der Waals surface area contributed by atoms with E-state index in [0.717, 1.165) is 26.2 Å². The van der Waals surface area contributed by atoms with Crippen molar-refractivity contribution < 1.29 is 9.47 Å². The molecular formula is C10H23N3O2. The second-order valence-electron chi connectivity index (χ2n) is 2.94. The fourth-order valence-electron chi connectivity index (χ4n) is 0.962. The zero-order valence-corrected chi connectivity index (χ0v) is 9.79. The zero-order valence-electron chi connectivity index (χ0n) is 9.79. The molecule has 0 fully saturated rings. The monoisotopic (exact) mass is 217 g/mol. The van der Waals surface area contributed by atoms with E-state index >= 15 is 0 Å². The van der Waals surface area contributed by atoms with Crippen LogP contribution in [0, 0.1) is 0 Å². The molecule has 0 heterocycles. The summed E-state index contributed by atoms with van der Waals surface area (Å²) in [6.07, 6.45) is 0.904. The molecule has 5 heteroatoms. The van der Waals surface area contributed by atoms with Crippen LogP contribution in [-0.2, 0) is 9.47 Å². The summed E-state index contributed by atoms with van der Waals surface area (Å²) in [6, 6.07) is 0. The number of guanidine groups is 1. The van der Waals surface area contributed by atoms with Crippen LogP contribution in [0.2, 0.25) is 0 Å². The molecule has 0 aliphatic carbocycles. The van der Waals surface area contributed by atoms with Crippen molar-refractivity contribution in [2.45, 2.75) is 20.3 Å². The van der Waals surface area contributed by atoms with E-state index in [9.17, 15) is 0 Å². The Morgan fingerprint density at radius 2 is 1.87 bits per heavy atom. The molecule has 0 aliphatic heterocycles. The predicted octanol–water partition coefficient (Wildman–Crippen LogP) is 0.354. The molecule has 0 bridgehead atoms. The Morgan fingerprint density at radius 3 is 2.53 bits per heavy atom. The zero-order chi connectivity index (χ0) is 11.4. The average Bonchev–Trinajstić information content (AvgIpc) is 2.24. The Hall–Kier alpha value is -0.810. The van der Waals surface area contributed by atoms with E-state index in [1.54, 1.807) is 0 Å². The Morgan fingerprint density at radius 1 is 1.20 bits per heavy atom. The summed E-state index contributed by atoms with van der Waals surface area (Å²) in [6.45, 7) is 8.23. The van der Waals surface area contributed by atoms with Crippen molar-refractivity contribution in [3.05, 3.63) is 0 Å². The van der Waals surface area contributed by atoms with Gasteiger partial charge in [0, 0.05) is 32.9 Å². The minimum Gasteiger partial charge on any atom is -0.382 e. The molecule has 0 aromatic carbocycles. The molecule has 0 aliphatic rings. The van der Waals surface area contributed by atoms with Gasteiger partial charge in [0.15, 0.2) is 5.96 Å². The minimum atomic E-state index is 0.478. The van der Waals surface area contributed by atoms with Crippen molar-refractivity contribution in [2.24, 2.45) is 10.7 Å². The Labute approximate surface area is 92.0 Å². The second-order valence-corrected chi connectivity index (χ2v) is 2.94. The van der Waals surface area contributed by atoms with Gasteiger partial charge in [-0.3, -0.25) is 4.99 Å². The summed E-state index contributed by atoms with van der Waals surface area (Å²) in [5.41, 5.74) is 5.61. The number of hydrogen-bond acceptors (Lipinski definition) is 3. The highest BCUT2D eigenvalue weighted by molar-refractivity contribution is 5.77. The lowest BCUT2D eigenvalue weighted by molar-refractivity contribution is 0.146. The summed E-state index contributed by atoms with van der Waals surface area (Å²) >= 11 is 0. The third-order valence-corrected chi connectivity index (χ3v) is 1.69. The Bertz CT molecular complexity index is 163. The van der Waals surface area contributed by atoms with E-state index < -0.39 is 0 Å². The van der Waals surface area contributed by atoms with Gasteiger partial charge in [0.05, 0.1) is 6.61 Å². The van der Waals surface area contributed by atoms with E-state index in [1.165, 1.54) is 0 Å². The summed E-state index contributed by atoms with van der Waals surface area (Å²) < 4.78 is 10.3. The largest absolute Gasteiger partial charge is 0.382 e. The van der Waals surface area contributed by atoms with Crippen molar-refractivity contribution in [1.29, 1.82) is 0 Å². The Kier molecular flexibility index (Phi) is 10.7. The molecule has 3 N–H and O–H groups in total. The van der Waals surface area contributed by atoms with E-state index in [2.05, 4.69) is 10.3 Å². The normalized spacial score (nSPS) is 11.7. The van der Waals surface area contributed by atoms with Gasteiger partial charge in [-0.1, -0.05) is 0 Å². The third kappa shape index (κ3) is 11.1. The van der Waals surface area contributed by atoms with Gasteiger partial charge in [0.25, 0.3) is 0 Å². The van der Waals surface area contributed by atoms with E-state index in [4.69, 9.17) is 15.2 Å². The van der Waals surface area contributed by atoms with Crippen molar-refractivity contribution >= 4 is 5.96 Å². The second kappa shape index (κ2) is 11.3. The van der Waals surface area contributed by atoms with Crippen LogP contribution in [-0.4, -0.2) is 45.5 Å². The van der Waals surface area contributed by atoms with Crippen molar-refractivity contribution in [3.63, 3.8) is 0 Å². The number of ether oxygens (including phenoxy) is 2. The molecule has 0 aromatic heterocycles. The molecule has 0 atom stereocenters. The fraction of sp³-hybridized carbons (Fsp3) is 0.900. The van der Waals surface area contributed by atoms with Crippen molar-refractivity contribution in [2.75, 3.05) is 39.5 Å². The van der Waals surface area contributed by atoms with Crippen LogP contribution in [0.5, 0.6) is 0 Å². The van der Waals surface area contributed by atoms with Gasteiger partial charge in [0.1, 0.15) is 0 Å². The standard InChI is InChI=1S/C10H23N3O2/c1-3-14-8-5-6-12-10(11)13-7-9-15-4-2/h3-9H2,1-2H3,(H3,11,12,13). The molecule has 0 unspecified atom stereocenters. The number of nitrogens with zero attached hydrogens (tertiary/aromatic N) is 1. The maximum atomic E-state index is 5.61. The molecule has 0 saturated carbocycles. The minimum absolute atomic E-state index is 0.478. The first-order chi connectivity index (χ1) is 7.31. The van der Waals surface area contributed by atoms with Crippen LogP contribution in [0.15, 0.2) is 4.99 Å². The van der Waals surface area contributed by atoms with E-state index in [0.29, 0.717) is 25.7 Å². The van der Waals surface area contributed by atoms with Gasteiger partial charge in [-0.05, 0) is 20.3 Å². The molecule has 0 saturated heterocycles. The smallest absolute Gasteiger partial charge is 0.188 e. The first-order valence-corrected chi connectivity index (χ1v) is 5.50. The van der Waals surface area contributed by atoms with Gasteiger partial charge >= 0.3 is 0 Å². The quantitative estimate of drug-likeness (QED) is 0.332. The highest BCUT2D eigenvalue weighted by Gasteiger charge is 1.91. The molecule has 0 radical (unpaired) electrons. The summed E-state index contributed by atoms with van der Waals surface area (Å²) in [5, 5.41) is 2.97. The van der Waals surface area contributed by atoms with E-state index in [-0.39, 0.29) is 0 Å². The number of hydrogen-bond donors (Lipinski definition) is 2. The van der Waals surface area contributed by atoms with Crippen LogP contribution >= 0.6 is 0 Å². The first-order valence-electron chi connectivity index (χ1n) is 5.50. The van der Waals surface area contributed by atoms with Gasteiger partial charge in [0.2, 0.25) is 0 Å². The molecule has 0 rings (SSSR count). The molecule has 90 valence electrons. The molecule has 0 aromatic rings. The lowest BCUT2D eigenvalue weighted by Crippen LogP contribution is -2.34. The Balaban J connectivity index is 3.27. The van der Waals surface area contributed by atoms with Crippen LogP contribution in [0.25, 0.3) is 0 Å². The topological polar surface area (TPSA) is 68.9 Å². The molecule has 0 spiro atoms. The number of rotatable bonds is 9. The van der Waals surface area contributed by atoms with Crippen LogP contribution in [0.3, 0.4) is 0 Å². The van der Waals surface area contributed by atoms with Gasteiger partial charge in [-0.2, -0.15) is 0 Å². The molecule has 15 heavy (non-hydrogen) atoms. The summed E-state index contributed by atoms with van der Waals surface area (Å²) in [4.78, 5) is 4.14. The maximum Gasteiger partial charge on any atom is 0.188 e. The van der Waals surface area contributed by atoms with Gasteiger partial charge in [-0.15, -0.1) is 0 Å². The van der Waals surface area contributed by atoms with Crippen LogP contribution in [0.1, 0.15) is 20.3 Å². The summed E-state index contributed by atoms with van der Waals surface area (Å²) in [7, 11) is 0. The molecule has 5 nitrogen and oxygen atoms in total. The molecular weight excluding hydrogens is 194 g/mol. The fourth-order valence-corrected chi connectivity index (χ4v) is 0.962. The van der Waals surface area contributed by atoms with Gasteiger partial charge < -0.3 is 20.5 Å². The predicted molar refractivity (Wildman–Crippen MR) is 62.1 cm³/mol. The van der Waals surface area contributed by atoms with E-state index in [1.807, 2.05) is 13.8 Å². The number of nitrogens with two attached hydrogens (primary N) is 1. The number of aliphatic imine (C=N–C) groups is 1. The lowest BCUT2D eigenvalue weighted by atomic mass is 10.4. The highest BCUT2D eigenvalue weighted by Crippen LogP contribution is 1.83. The third-order valence-electron chi connectivity index (χ3n) is 1.69. The SMILES string of the molecule is CCOCCCN=C(N)NCCOCC. The lowest BCUT2D eigenvalue weighted by Gasteiger charge is -2.05. The highest BCUT2D eigenvalue weighted by atomic mass is 16.5. The van der Waals surface area contributed by atoms with Gasteiger partial charge in [-0.25, -0.2) is 0 Å². The number of nitrogens with one attached hydrogen (secondary N) is 1. The van der Waals surface area contributed by atoms with Crippen LogP contribution in [0.4, 0.5) is 0 Å². The van der Waals surface area contributed by atoms with Crippen molar-refractivity contribution in [1.82, 2.24) is 5.32 Å². The maximum absolute atomic E-state index is 5.61. The average molecular weight is 217 g/mol. The molecule has 0 amide bonds. The van der Waals surface area contributed by atoms with Crippen molar-refractivity contribution in [3.8, 4) is 0 Å². The summed E-state index contributed by atoms with van der Waals surface area (Å²) in [5.74, 6) is 0.478. The first kappa shape index (κ1) is 14.2. The van der Waals surface area contributed by atoms with Crippen LogP contribution < -0.4 is 11.1 Å².